The first kappa shape index (κ1) is 32.5. The first-order chi connectivity index (χ1) is 18.1. The second-order valence-electron chi connectivity index (χ2n) is 9.47. The summed E-state index contributed by atoms with van der Waals surface area (Å²) in [6.45, 7) is 4.12. The zero-order valence-corrected chi connectivity index (χ0v) is 24.7. The number of hydrogen-bond acceptors (Lipinski definition) is 6. The van der Waals surface area contributed by atoms with Crippen LogP contribution < -0.4 is 39.6 Å². The van der Waals surface area contributed by atoms with Crippen molar-refractivity contribution in [2.45, 2.75) is 64.2 Å². The number of halogens is 1. The maximum atomic E-state index is 13.6. The van der Waals surface area contributed by atoms with E-state index in [4.69, 9.17) is 9.84 Å². The Morgan fingerprint density at radius 1 is 1.13 bits per heavy atom. The van der Waals surface area contributed by atoms with Crippen molar-refractivity contribution in [3.05, 3.63) is 76.9 Å². The molecule has 0 spiro atoms. The first-order valence-corrected chi connectivity index (χ1v) is 12.5. The van der Waals surface area contributed by atoms with Crippen LogP contribution in [0.25, 0.3) is 5.69 Å². The van der Waals surface area contributed by atoms with E-state index in [1.165, 1.54) is 12.1 Å². The molecule has 0 bridgehead atoms. The molecular weight excluding hydrogens is 516 g/mol. The molecule has 0 radical (unpaired) electrons. The van der Waals surface area contributed by atoms with Crippen molar-refractivity contribution in [1.29, 1.82) is 0 Å². The van der Waals surface area contributed by atoms with Crippen LogP contribution >= 0.6 is 0 Å². The average molecular weight is 552 g/mol. The Labute approximate surface area is 250 Å². The predicted octanol–water partition coefficient (Wildman–Crippen LogP) is 0.709. The Morgan fingerprint density at radius 3 is 2.44 bits per heavy atom. The first-order valence-electron chi connectivity index (χ1n) is 12.5. The minimum atomic E-state index is -1.17. The molecule has 2 aromatic carbocycles. The molecule has 1 aromatic heterocycles. The van der Waals surface area contributed by atoms with Crippen molar-refractivity contribution in [1.82, 2.24) is 15.1 Å². The van der Waals surface area contributed by atoms with Gasteiger partial charge in [-0.25, -0.2) is 9.07 Å². The number of nitrogens with zero attached hydrogens (tertiary/aromatic N) is 2. The van der Waals surface area contributed by atoms with E-state index in [9.17, 15) is 24.2 Å². The number of aliphatic hydroxyl groups is 2. The molecule has 0 saturated carbocycles. The minimum Gasteiger partial charge on any atom is -1.00 e. The second-order valence-corrected chi connectivity index (χ2v) is 9.47. The van der Waals surface area contributed by atoms with Crippen LogP contribution in [-0.2, 0) is 17.8 Å². The standard InChI is InChI=1S/C28H34FN3O6.Na.H/c1-17(2)26-24(12-11-21(33)14-22(34)15-25(35)36)32(20-9-7-19(29)8-10-20)31-27(26)28(37)30-16-18-5-4-6-23(13-18)38-3;;/h4-10,13,17,21-22,33-34H,11-12,14-16H2,1-3H3,(H,30,37)(H,35,36);;/q;+1;-1/t21-,22-;;/m1../s1. The number of ether oxygens (including phenoxy) is 1. The van der Waals surface area contributed by atoms with Gasteiger partial charge in [-0.2, -0.15) is 5.10 Å². The topological polar surface area (TPSA) is 134 Å². The van der Waals surface area contributed by atoms with Gasteiger partial charge in [0.15, 0.2) is 5.69 Å². The van der Waals surface area contributed by atoms with E-state index in [0.29, 0.717) is 29.1 Å². The number of carboxylic acid groups (broad SMARTS) is 1. The van der Waals surface area contributed by atoms with E-state index < -0.39 is 30.4 Å². The molecule has 0 saturated heterocycles. The van der Waals surface area contributed by atoms with Gasteiger partial charge in [0, 0.05) is 17.8 Å². The van der Waals surface area contributed by atoms with Gasteiger partial charge in [0.05, 0.1) is 31.4 Å². The van der Waals surface area contributed by atoms with E-state index in [-0.39, 0.29) is 67.9 Å². The zero-order chi connectivity index (χ0) is 27.8. The third-order valence-electron chi connectivity index (χ3n) is 6.14. The normalized spacial score (nSPS) is 12.5. The number of aliphatic hydroxyl groups excluding tert-OH is 2. The molecule has 2 atom stereocenters. The Morgan fingerprint density at radius 2 is 1.82 bits per heavy atom. The van der Waals surface area contributed by atoms with Crippen LogP contribution in [0.5, 0.6) is 5.75 Å². The molecule has 0 aliphatic carbocycles. The number of methoxy groups -OCH3 is 1. The fourth-order valence-corrected chi connectivity index (χ4v) is 4.34. The van der Waals surface area contributed by atoms with Gasteiger partial charge in [-0.05, 0) is 67.1 Å². The molecule has 3 rings (SSSR count). The molecule has 1 amide bonds. The third-order valence-corrected chi connectivity index (χ3v) is 6.14. The van der Waals surface area contributed by atoms with Crippen LogP contribution in [0.4, 0.5) is 4.39 Å². The monoisotopic (exact) mass is 551 g/mol. The van der Waals surface area contributed by atoms with Gasteiger partial charge >= 0.3 is 35.5 Å². The number of carbonyl (C=O) groups is 2. The quantitative estimate of drug-likeness (QED) is 0.230. The number of aromatic nitrogens is 2. The SMILES string of the molecule is COc1cccc(CNC(=O)c2nn(-c3ccc(F)cc3)c(CC[C@@H](O)C[C@@H](O)CC(=O)O)c2C(C)C)c1.[H-].[Na+]. The molecule has 0 aliphatic rings. The maximum Gasteiger partial charge on any atom is 1.00 e. The van der Waals surface area contributed by atoms with E-state index in [0.717, 1.165) is 5.56 Å². The summed E-state index contributed by atoms with van der Waals surface area (Å²) in [5.74, 6) is -1.37. The van der Waals surface area contributed by atoms with Crippen molar-refractivity contribution in [3.63, 3.8) is 0 Å². The Kier molecular flexibility index (Phi) is 12.6. The summed E-state index contributed by atoms with van der Waals surface area (Å²) in [5.41, 5.74) is 2.99. The second kappa shape index (κ2) is 15.1. The van der Waals surface area contributed by atoms with Gasteiger partial charge in [0.2, 0.25) is 0 Å². The zero-order valence-electron chi connectivity index (χ0n) is 23.7. The smallest absolute Gasteiger partial charge is 1.00 e. The molecule has 9 nitrogen and oxygen atoms in total. The molecule has 206 valence electrons. The van der Waals surface area contributed by atoms with Crippen LogP contribution in [0.1, 0.15) is 67.8 Å². The molecule has 3 aromatic rings. The van der Waals surface area contributed by atoms with Crippen LogP contribution in [0.3, 0.4) is 0 Å². The van der Waals surface area contributed by atoms with Gasteiger partial charge in [-0.15, -0.1) is 0 Å². The summed E-state index contributed by atoms with van der Waals surface area (Å²) in [4.78, 5) is 24.2. The summed E-state index contributed by atoms with van der Waals surface area (Å²) in [6.07, 6.45) is -2.20. The fourth-order valence-electron chi connectivity index (χ4n) is 4.34. The largest absolute Gasteiger partial charge is 1.00 e. The summed E-state index contributed by atoms with van der Waals surface area (Å²) in [6, 6.07) is 13.1. The number of carboxylic acids is 1. The maximum absolute atomic E-state index is 13.6. The van der Waals surface area contributed by atoms with Crippen molar-refractivity contribution < 1.29 is 65.0 Å². The van der Waals surface area contributed by atoms with Crippen LogP contribution in [-0.4, -0.2) is 56.3 Å². The molecule has 0 unspecified atom stereocenters. The van der Waals surface area contributed by atoms with Crippen molar-refractivity contribution in [2.75, 3.05) is 7.11 Å². The summed E-state index contributed by atoms with van der Waals surface area (Å²) in [5, 5.41) is 36.7. The molecular formula is C28H35FN3NaO6. The summed E-state index contributed by atoms with van der Waals surface area (Å²) >= 11 is 0. The molecule has 0 fully saturated rings. The summed E-state index contributed by atoms with van der Waals surface area (Å²) < 4.78 is 20.4. The molecule has 4 N–H and O–H groups in total. The average Bonchev–Trinajstić information content (AvgIpc) is 3.26. The minimum absolute atomic E-state index is 0. The van der Waals surface area contributed by atoms with Crippen LogP contribution in [0.15, 0.2) is 48.5 Å². The summed E-state index contributed by atoms with van der Waals surface area (Å²) in [7, 11) is 1.57. The van der Waals surface area contributed by atoms with Crippen molar-refractivity contribution >= 4 is 11.9 Å². The van der Waals surface area contributed by atoms with Crippen molar-refractivity contribution in [2.24, 2.45) is 0 Å². The molecule has 0 aliphatic heterocycles. The number of aliphatic carboxylic acids is 1. The van der Waals surface area contributed by atoms with Gasteiger partial charge in [0.25, 0.3) is 5.91 Å². The number of carbonyl (C=O) groups excluding carboxylic acids is 1. The Balaban J connectivity index is 0.00000400. The number of amides is 1. The third kappa shape index (κ3) is 9.15. The molecule has 39 heavy (non-hydrogen) atoms. The van der Waals surface area contributed by atoms with Gasteiger partial charge < -0.3 is 26.8 Å². The predicted molar refractivity (Wildman–Crippen MR) is 140 cm³/mol. The molecule has 11 heteroatoms. The van der Waals surface area contributed by atoms with Gasteiger partial charge in [0.1, 0.15) is 11.6 Å². The van der Waals surface area contributed by atoms with E-state index in [1.807, 2.05) is 38.1 Å². The number of nitrogens with one attached hydrogen (secondary N) is 1. The van der Waals surface area contributed by atoms with Gasteiger partial charge in [-0.3, -0.25) is 9.59 Å². The van der Waals surface area contributed by atoms with E-state index in [2.05, 4.69) is 10.4 Å². The number of hydrogen-bond donors (Lipinski definition) is 4. The molecule has 1 heterocycles. The Bertz CT molecular complexity index is 1260. The van der Waals surface area contributed by atoms with Crippen LogP contribution in [0.2, 0.25) is 0 Å². The number of benzene rings is 2. The van der Waals surface area contributed by atoms with Crippen LogP contribution in [0, 0.1) is 5.82 Å². The number of rotatable bonds is 13. The van der Waals surface area contributed by atoms with E-state index in [1.54, 1.807) is 23.9 Å². The van der Waals surface area contributed by atoms with Gasteiger partial charge in [-0.1, -0.05) is 26.0 Å². The fraction of sp³-hybridized carbons (Fsp3) is 0.393. The van der Waals surface area contributed by atoms with E-state index >= 15 is 0 Å². The Hall–Kier alpha value is -2.76. The van der Waals surface area contributed by atoms with Crippen molar-refractivity contribution in [3.8, 4) is 11.4 Å².